The monoisotopic (exact) mass is 358 g/mol. The van der Waals surface area contributed by atoms with Gasteiger partial charge in [-0.3, -0.25) is 10.1 Å². The standard InChI is InChI=1S/C13H9BrClFN2O2/c14-9-1-3-11(16)8(5-9)7-17-12-4-2-10(15)6-13(12)18(19)20/h1-6,17H,7H2. The summed E-state index contributed by atoms with van der Waals surface area (Å²) in [4.78, 5) is 10.4. The number of halogens is 3. The predicted molar refractivity (Wildman–Crippen MR) is 79.5 cm³/mol. The molecular weight excluding hydrogens is 351 g/mol. The average Bonchev–Trinajstić information content (AvgIpc) is 2.40. The van der Waals surface area contributed by atoms with Crippen molar-refractivity contribution in [2.24, 2.45) is 0 Å². The van der Waals surface area contributed by atoms with Crippen LogP contribution in [0.2, 0.25) is 5.02 Å². The molecule has 0 radical (unpaired) electrons. The van der Waals surface area contributed by atoms with E-state index >= 15 is 0 Å². The summed E-state index contributed by atoms with van der Waals surface area (Å²) in [5.41, 5.74) is 0.551. The summed E-state index contributed by atoms with van der Waals surface area (Å²) in [7, 11) is 0. The second-order valence-corrected chi connectivity index (χ2v) is 5.36. The minimum Gasteiger partial charge on any atom is -0.375 e. The molecule has 0 aliphatic carbocycles. The van der Waals surface area contributed by atoms with Crippen molar-refractivity contribution in [1.82, 2.24) is 0 Å². The quantitative estimate of drug-likeness (QED) is 0.632. The average molecular weight is 360 g/mol. The van der Waals surface area contributed by atoms with Gasteiger partial charge in [-0.15, -0.1) is 0 Å². The first-order valence-corrected chi connectivity index (χ1v) is 6.76. The lowest BCUT2D eigenvalue weighted by Crippen LogP contribution is -2.04. The van der Waals surface area contributed by atoms with Crippen molar-refractivity contribution in [2.75, 3.05) is 5.32 Å². The van der Waals surface area contributed by atoms with Gasteiger partial charge in [-0.1, -0.05) is 27.5 Å². The van der Waals surface area contributed by atoms with Gasteiger partial charge in [0.05, 0.1) is 4.92 Å². The molecule has 0 fully saturated rings. The lowest BCUT2D eigenvalue weighted by Gasteiger charge is -2.08. The van der Waals surface area contributed by atoms with E-state index in [9.17, 15) is 14.5 Å². The zero-order valence-corrected chi connectivity index (χ0v) is 12.4. The molecule has 0 saturated carbocycles. The van der Waals surface area contributed by atoms with Gasteiger partial charge in [-0.25, -0.2) is 4.39 Å². The SMILES string of the molecule is O=[N+]([O-])c1cc(Cl)ccc1NCc1cc(Br)ccc1F. The van der Waals surface area contributed by atoms with Crippen molar-refractivity contribution in [3.05, 3.63) is 67.4 Å². The van der Waals surface area contributed by atoms with Crippen molar-refractivity contribution in [2.45, 2.75) is 6.54 Å². The Morgan fingerprint density at radius 3 is 2.75 bits per heavy atom. The van der Waals surface area contributed by atoms with Crippen LogP contribution in [0.15, 0.2) is 40.9 Å². The lowest BCUT2D eigenvalue weighted by molar-refractivity contribution is -0.383. The van der Waals surface area contributed by atoms with Crippen molar-refractivity contribution >= 4 is 38.9 Å². The number of hydrogen-bond acceptors (Lipinski definition) is 3. The summed E-state index contributed by atoms with van der Waals surface area (Å²) in [6.45, 7) is 0.133. The fraction of sp³-hybridized carbons (Fsp3) is 0.0769. The molecule has 0 aromatic heterocycles. The molecule has 4 nitrogen and oxygen atoms in total. The van der Waals surface area contributed by atoms with Crippen LogP contribution in [-0.4, -0.2) is 4.92 Å². The van der Waals surface area contributed by atoms with Crippen molar-refractivity contribution < 1.29 is 9.31 Å². The molecule has 0 aliphatic rings. The summed E-state index contributed by atoms with van der Waals surface area (Å²) in [6, 6.07) is 8.82. The molecule has 0 bridgehead atoms. The summed E-state index contributed by atoms with van der Waals surface area (Å²) in [5, 5.41) is 14.1. The van der Waals surface area contributed by atoms with Gasteiger partial charge >= 0.3 is 0 Å². The van der Waals surface area contributed by atoms with Crippen LogP contribution >= 0.6 is 27.5 Å². The third-order valence-corrected chi connectivity index (χ3v) is 3.36. The Kier molecular flexibility index (Phi) is 4.57. The highest BCUT2D eigenvalue weighted by atomic mass is 79.9. The molecule has 0 atom stereocenters. The minimum absolute atomic E-state index is 0.133. The fourth-order valence-electron chi connectivity index (χ4n) is 1.67. The molecule has 0 spiro atoms. The Balaban J connectivity index is 2.23. The molecule has 0 saturated heterocycles. The molecule has 20 heavy (non-hydrogen) atoms. The molecule has 7 heteroatoms. The Morgan fingerprint density at radius 1 is 1.30 bits per heavy atom. The molecule has 1 N–H and O–H groups in total. The maximum atomic E-state index is 13.6. The van der Waals surface area contributed by atoms with E-state index in [4.69, 9.17) is 11.6 Å². The second-order valence-electron chi connectivity index (χ2n) is 4.01. The van der Waals surface area contributed by atoms with E-state index in [0.717, 1.165) is 4.47 Å². The number of benzene rings is 2. The van der Waals surface area contributed by atoms with Crippen molar-refractivity contribution in [3.63, 3.8) is 0 Å². The van der Waals surface area contributed by atoms with Gasteiger partial charge < -0.3 is 5.32 Å². The normalized spacial score (nSPS) is 10.3. The van der Waals surface area contributed by atoms with Crippen LogP contribution in [-0.2, 0) is 6.54 Å². The molecule has 0 amide bonds. The van der Waals surface area contributed by atoms with E-state index in [1.54, 1.807) is 12.1 Å². The Hall–Kier alpha value is -1.66. The van der Waals surface area contributed by atoms with Crippen LogP contribution in [0.3, 0.4) is 0 Å². The van der Waals surface area contributed by atoms with Gasteiger partial charge in [-0.2, -0.15) is 0 Å². The van der Waals surface area contributed by atoms with E-state index in [0.29, 0.717) is 11.3 Å². The van der Waals surface area contributed by atoms with Crippen molar-refractivity contribution in [1.29, 1.82) is 0 Å². The third kappa shape index (κ3) is 3.46. The van der Waals surface area contributed by atoms with Gasteiger partial charge in [0, 0.05) is 27.7 Å². The van der Waals surface area contributed by atoms with Gasteiger partial charge in [-0.05, 0) is 30.3 Å². The highest BCUT2D eigenvalue weighted by Crippen LogP contribution is 2.28. The highest BCUT2D eigenvalue weighted by Gasteiger charge is 2.14. The second kappa shape index (κ2) is 6.19. The predicted octanol–water partition coefficient (Wildman–Crippen LogP) is 4.76. The van der Waals surface area contributed by atoms with E-state index in [2.05, 4.69) is 21.2 Å². The highest BCUT2D eigenvalue weighted by molar-refractivity contribution is 9.10. The molecule has 0 aliphatic heterocycles. The summed E-state index contributed by atoms with van der Waals surface area (Å²) < 4.78 is 14.3. The van der Waals surface area contributed by atoms with Gasteiger partial charge in [0.25, 0.3) is 5.69 Å². The van der Waals surface area contributed by atoms with Crippen LogP contribution in [0.25, 0.3) is 0 Å². The first-order chi connectivity index (χ1) is 9.47. The summed E-state index contributed by atoms with van der Waals surface area (Å²) in [5.74, 6) is -0.377. The number of nitro groups is 1. The van der Waals surface area contributed by atoms with Crippen molar-refractivity contribution in [3.8, 4) is 0 Å². The first-order valence-electron chi connectivity index (χ1n) is 5.59. The molecular formula is C13H9BrClFN2O2. The van der Waals surface area contributed by atoms with Crippen LogP contribution < -0.4 is 5.32 Å². The van der Waals surface area contributed by atoms with E-state index < -0.39 is 4.92 Å². The number of nitrogens with zero attached hydrogens (tertiary/aromatic N) is 1. The first kappa shape index (κ1) is 14.7. The smallest absolute Gasteiger partial charge is 0.293 e. The number of nitro benzene ring substituents is 1. The van der Waals surface area contributed by atoms with Crippen LogP contribution in [0.1, 0.15) is 5.56 Å². The van der Waals surface area contributed by atoms with Gasteiger partial charge in [0.15, 0.2) is 0 Å². The Morgan fingerprint density at radius 2 is 2.05 bits per heavy atom. The van der Waals surface area contributed by atoms with Crippen LogP contribution in [0.5, 0.6) is 0 Å². The third-order valence-electron chi connectivity index (χ3n) is 2.63. The lowest BCUT2D eigenvalue weighted by atomic mass is 10.2. The molecule has 104 valence electrons. The summed E-state index contributed by atoms with van der Waals surface area (Å²) in [6.07, 6.45) is 0. The topological polar surface area (TPSA) is 55.2 Å². The largest absolute Gasteiger partial charge is 0.375 e. The Bertz CT molecular complexity index is 667. The molecule has 0 heterocycles. The maximum Gasteiger partial charge on any atom is 0.293 e. The minimum atomic E-state index is -0.536. The van der Waals surface area contributed by atoms with E-state index in [1.807, 2.05) is 0 Å². The number of nitrogens with one attached hydrogen (secondary N) is 1. The summed E-state index contributed by atoms with van der Waals surface area (Å²) >= 11 is 8.98. The van der Waals surface area contributed by atoms with Crippen LogP contribution in [0.4, 0.5) is 15.8 Å². The number of rotatable bonds is 4. The zero-order valence-electron chi connectivity index (χ0n) is 10.1. The van der Waals surface area contributed by atoms with E-state index in [1.165, 1.54) is 24.3 Å². The van der Waals surface area contributed by atoms with Gasteiger partial charge in [0.1, 0.15) is 11.5 Å². The molecule has 2 rings (SSSR count). The zero-order chi connectivity index (χ0) is 14.7. The molecule has 2 aromatic carbocycles. The fourth-order valence-corrected chi connectivity index (χ4v) is 2.25. The number of anilines is 1. The van der Waals surface area contributed by atoms with E-state index in [-0.39, 0.29) is 23.1 Å². The Labute approximate surface area is 127 Å². The maximum absolute atomic E-state index is 13.6. The van der Waals surface area contributed by atoms with Gasteiger partial charge in [0.2, 0.25) is 0 Å². The van der Waals surface area contributed by atoms with Crippen LogP contribution in [0, 0.1) is 15.9 Å². The molecule has 0 unspecified atom stereocenters. The molecule has 2 aromatic rings. The number of hydrogen-bond donors (Lipinski definition) is 1.